The van der Waals surface area contributed by atoms with Crippen molar-refractivity contribution in [2.45, 2.75) is 32.2 Å². The highest BCUT2D eigenvalue weighted by atomic mass is 16.3. The van der Waals surface area contributed by atoms with Crippen molar-refractivity contribution >= 4 is 18.0 Å². The van der Waals surface area contributed by atoms with Crippen LogP contribution in [0.15, 0.2) is 24.8 Å². The van der Waals surface area contributed by atoms with Crippen molar-refractivity contribution in [1.29, 1.82) is 0 Å². The largest absolute Gasteiger partial charge is 0.508 e. The normalized spacial score (nSPS) is 20.0. The fourth-order valence-electron chi connectivity index (χ4n) is 2.97. The number of allylic oxidation sites excluding steroid dienone is 1. The van der Waals surface area contributed by atoms with Gasteiger partial charge in [0.2, 0.25) is 12.3 Å². The van der Waals surface area contributed by atoms with E-state index in [4.69, 9.17) is 0 Å². The third-order valence-corrected chi connectivity index (χ3v) is 4.01. The monoisotopic (exact) mass is 288 g/mol. The summed E-state index contributed by atoms with van der Waals surface area (Å²) in [5.74, 6) is 0.0382. The number of nitrogens with zero attached hydrogens (tertiary/aromatic N) is 1. The lowest BCUT2D eigenvalue weighted by atomic mass is 9.90. The van der Waals surface area contributed by atoms with E-state index < -0.39 is 0 Å². The summed E-state index contributed by atoms with van der Waals surface area (Å²) in [4.78, 5) is 24.2. The summed E-state index contributed by atoms with van der Waals surface area (Å²) >= 11 is 0. The van der Waals surface area contributed by atoms with Gasteiger partial charge in [-0.15, -0.1) is 6.58 Å². The van der Waals surface area contributed by atoms with Crippen LogP contribution >= 0.6 is 0 Å². The summed E-state index contributed by atoms with van der Waals surface area (Å²) in [6.45, 7) is 7.55. The van der Waals surface area contributed by atoms with E-state index >= 15 is 0 Å². The molecule has 2 atom stereocenters. The smallest absolute Gasteiger partial charge is 0.216 e. The van der Waals surface area contributed by atoms with E-state index in [0.717, 1.165) is 23.2 Å². The predicted octanol–water partition coefficient (Wildman–Crippen LogP) is 1.71. The first-order chi connectivity index (χ1) is 10.0. The lowest BCUT2D eigenvalue weighted by molar-refractivity contribution is -0.119. The first-order valence-corrected chi connectivity index (χ1v) is 6.95. The van der Waals surface area contributed by atoms with Gasteiger partial charge in [-0.3, -0.25) is 9.59 Å². The molecule has 0 saturated heterocycles. The molecular formula is C16H20N2O3. The number of nitrogens with one attached hydrogen (secondary N) is 1. The van der Waals surface area contributed by atoms with Crippen LogP contribution in [-0.2, 0) is 16.0 Å². The van der Waals surface area contributed by atoms with Crippen LogP contribution in [0, 0.1) is 0 Å². The second-order valence-corrected chi connectivity index (χ2v) is 5.29. The molecule has 0 aromatic heterocycles. The van der Waals surface area contributed by atoms with Crippen LogP contribution in [0.25, 0.3) is 0 Å². The number of phenols is 1. The summed E-state index contributed by atoms with van der Waals surface area (Å²) in [7, 11) is 0. The minimum absolute atomic E-state index is 0.0452. The topological polar surface area (TPSA) is 69.6 Å². The summed E-state index contributed by atoms with van der Waals surface area (Å²) in [6.07, 6.45) is 3.04. The fraction of sp³-hybridized carbons (Fsp3) is 0.375. The van der Waals surface area contributed by atoms with Gasteiger partial charge >= 0.3 is 0 Å². The molecule has 1 aromatic rings. The van der Waals surface area contributed by atoms with E-state index in [-0.39, 0.29) is 23.6 Å². The van der Waals surface area contributed by atoms with Crippen molar-refractivity contribution in [3.05, 3.63) is 35.9 Å². The lowest BCUT2D eigenvalue weighted by Crippen LogP contribution is -2.35. The van der Waals surface area contributed by atoms with Gasteiger partial charge in [-0.05, 0) is 31.0 Å². The van der Waals surface area contributed by atoms with Gasteiger partial charge < -0.3 is 15.3 Å². The van der Waals surface area contributed by atoms with Crippen LogP contribution in [0.3, 0.4) is 0 Å². The average molecular weight is 288 g/mol. The molecule has 112 valence electrons. The highest BCUT2D eigenvalue weighted by Crippen LogP contribution is 2.44. The quantitative estimate of drug-likeness (QED) is 0.640. The van der Waals surface area contributed by atoms with Gasteiger partial charge in [0, 0.05) is 36.7 Å². The van der Waals surface area contributed by atoms with Gasteiger partial charge in [0.25, 0.3) is 0 Å². The van der Waals surface area contributed by atoms with Gasteiger partial charge in [-0.25, -0.2) is 0 Å². The minimum atomic E-state index is -0.112. The van der Waals surface area contributed by atoms with Crippen LogP contribution < -0.4 is 10.2 Å². The highest BCUT2D eigenvalue weighted by Gasteiger charge is 2.37. The molecule has 1 aromatic carbocycles. The fourth-order valence-corrected chi connectivity index (χ4v) is 2.97. The average Bonchev–Trinajstić information content (AvgIpc) is 2.71. The van der Waals surface area contributed by atoms with Crippen molar-refractivity contribution in [1.82, 2.24) is 5.32 Å². The molecule has 1 aliphatic rings. The number of rotatable bonds is 5. The molecule has 1 heterocycles. The Morgan fingerprint density at radius 1 is 1.52 bits per heavy atom. The molecule has 2 N–H and O–H groups in total. The Bertz CT molecular complexity index is 583. The van der Waals surface area contributed by atoms with Crippen LogP contribution in [-0.4, -0.2) is 30.0 Å². The van der Waals surface area contributed by atoms with Gasteiger partial charge in [-0.2, -0.15) is 0 Å². The molecule has 2 unspecified atom stereocenters. The number of amides is 2. The van der Waals surface area contributed by atoms with Crippen LogP contribution in [0.2, 0.25) is 0 Å². The Morgan fingerprint density at radius 2 is 2.24 bits per heavy atom. The van der Waals surface area contributed by atoms with Gasteiger partial charge in [-0.1, -0.05) is 6.08 Å². The van der Waals surface area contributed by atoms with Gasteiger partial charge in [0.15, 0.2) is 0 Å². The molecule has 5 heteroatoms. The van der Waals surface area contributed by atoms with E-state index in [1.807, 2.05) is 6.92 Å². The van der Waals surface area contributed by atoms with Gasteiger partial charge in [0.05, 0.1) is 0 Å². The number of anilines is 1. The molecule has 0 fully saturated rings. The number of benzene rings is 1. The molecule has 1 aliphatic heterocycles. The van der Waals surface area contributed by atoms with Crippen molar-refractivity contribution in [3.63, 3.8) is 0 Å². The molecule has 0 aliphatic carbocycles. The lowest BCUT2D eigenvalue weighted by Gasteiger charge is -2.21. The Labute approximate surface area is 124 Å². The maximum absolute atomic E-state index is 11.4. The maximum atomic E-state index is 11.4. The molecule has 0 spiro atoms. The molecule has 0 saturated carbocycles. The number of hydrogen-bond donors (Lipinski definition) is 2. The summed E-state index contributed by atoms with van der Waals surface area (Å²) in [6, 6.07) is 3.27. The zero-order valence-corrected chi connectivity index (χ0v) is 12.3. The summed E-state index contributed by atoms with van der Waals surface area (Å²) in [5, 5.41) is 12.9. The van der Waals surface area contributed by atoms with Crippen molar-refractivity contribution < 1.29 is 14.7 Å². The van der Waals surface area contributed by atoms with Crippen molar-refractivity contribution in [2.75, 3.05) is 11.4 Å². The summed E-state index contributed by atoms with van der Waals surface area (Å²) in [5.41, 5.74) is 2.49. The number of aromatic hydroxyl groups is 1. The Hall–Kier alpha value is -2.30. The van der Waals surface area contributed by atoms with E-state index in [2.05, 4.69) is 11.9 Å². The van der Waals surface area contributed by atoms with E-state index in [1.165, 1.54) is 6.92 Å². The molecule has 0 radical (unpaired) electrons. The number of carbonyl (C=O) groups excluding carboxylic acids is 2. The molecule has 2 rings (SSSR count). The number of fused-ring (bicyclic) bond motifs is 1. The third kappa shape index (κ3) is 2.63. The first kappa shape index (κ1) is 15.1. The molecule has 2 amide bonds. The maximum Gasteiger partial charge on any atom is 0.216 e. The Kier molecular flexibility index (Phi) is 4.31. The van der Waals surface area contributed by atoms with Crippen molar-refractivity contribution in [3.8, 4) is 5.75 Å². The predicted molar refractivity (Wildman–Crippen MR) is 81.4 cm³/mol. The van der Waals surface area contributed by atoms with Gasteiger partial charge in [0.1, 0.15) is 5.75 Å². The van der Waals surface area contributed by atoms with Crippen LogP contribution in [0.1, 0.15) is 30.9 Å². The zero-order chi connectivity index (χ0) is 15.6. The number of hydrogen-bond acceptors (Lipinski definition) is 3. The molecule has 0 bridgehead atoms. The van der Waals surface area contributed by atoms with E-state index in [9.17, 15) is 14.7 Å². The number of phenolic OH excluding ortho intramolecular Hbond substituents is 1. The first-order valence-electron chi connectivity index (χ1n) is 6.95. The van der Waals surface area contributed by atoms with E-state index in [1.54, 1.807) is 23.1 Å². The Morgan fingerprint density at radius 3 is 2.81 bits per heavy atom. The number of carbonyl (C=O) groups is 2. The van der Waals surface area contributed by atoms with Crippen LogP contribution in [0.5, 0.6) is 5.75 Å². The Balaban J connectivity index is 2.51. The summed E-state index contributed by atoms with van der Waals surface area (Å²) < 4.78 is 0. The molecule has 5 nitrogen and oxygen atoms in total. The highest BCUT2D eigenvalue weighted by molar-refractivity contribution is 5.83. The van der Waals surface area contributed by atoms with Crippen molar-refractivity contribution in [2.24, 2.45) is 0 Å². The third-order valence-electron chi connectivity index (χ3n) is 4.01. The second-order valence-electron chi connectivity index (χ2n) is 5.29. The zero-order valence-electron chi connectivity index (χ0n) is 12.3. The molecular weight excluding hydrogens is 268 g/mol. The minimum Gasteiger partial charge on any atom is -0.508 e. The van der Waals surface area contributed by atoms with E-state index in [0.29, 0.717) is 13.0 Å². The molecule has 21 heavy (non-hydrogen) atoms. The standard InChI is InChI=1S/C16H20N2O3/c1-4-5-12-15(21)7-6-14-16(12)13(8-17-11(3)20)10(2)18(14)9-19/h4,6-7,9-10,13,21H,1,5,8H2,2-3H3,(H,17,20). The SMILES string of the molecule is C=CCc1c(O)ccc2c1C(CNC(C)=O)C(C)N2C=O. The second kappa shape index (κ2) is 5.99. The van der Waals surface area contributed by atoms with Crippen LogP contribution in [0.4, 0.5) is 5.69 Å².